The van der Waals surface area contributed by atoms with Crippen LogP contribution < -0.4 is 10.6 Å². The molecule has 2 aliphatic rings. The predicted molar refractivity (Wildman–Crippen MR) is 223 cm³/mol. The van der Waals surface area contributed by atoms with Crippen molar-refractivity contribution < 1.29 is 0 Å². The predicted octanol–water partition coefficient (Wildman–Crippen LogP) is 14.7. The van der Waals surface area contributed by atoms with Crippen LogP contribution in [0.2, 0.25) is 0 Å². The van der Waals surface area contributed by atoms with E-state index in [2.05, 4.69) is 111 Å². The monoisotopic (exact) mass is 683 g/mol. The summed E-state index contributed by atoms with van der Waals surface area (Å²) in [6.45, 7) is 9.25. The van der Waals surface area contributed by atoms with E-state index in [9.17, 15) is 0 Å². The molecule has 0 bridgehead atoms. The summed E-state index contributed by atoms with van der Waals surface area (Å²) in [5.41, 5.74) is 16.3. The van der Waals surface area contributed by atoms with Crippen LogP contribution in [0.25, 0.3) is 0 Å². The van der Waals surface area contributed by atoms with Crippen molar-refractivity contribution in [1.82, 2.24) is 0 Å². The van der Waals surface area contributed by atoms with Gasteiger partial charge in [-0.3, -0.25) is 0 Å². The molecular weight excluding hydrogens is 617 g/mol. The second kappa shape index (κ2) is 18.3. The highest BCUT2D eigenvalue weighted by molar-refractivity contribution is 5.90. The van der Waals surface area contributed by atoms with E-state index in [1.54, 1.807) is 0 Å². The lowest BCUT2D eigenvalue weighted by atomic mass is 9.60. The van der Waals surface area contributed by atoms with E-state index >= 15 is 0 Å². The van der Waals surface area contributed by atoms with Crippen LogP contribution in [-0.2, 0) is 31.1 Å². The SMILES string of the molecule is CCCCCCc1ccc2c(c1)C1(c3cc(CCCCCC)ccc3N2)c2cc(CCCCCC)ccc2Nc2ccc(CCCCCC)cc21. The standard InChI is InChI=1S/C49H66N2/c1-5-9-13-17-21-37-25-29-45-41(33-37)49(42-34-38(22-18-14-10-6-2)26-30-46(42)50-45)43-35-39(23-19-15-11-7-3)27-31-47(43)51-48-32-28-40(36-44(48)49)24-20-16-12-8-4/h25-36,50-51H,5-24H2,1-4H3. The van der Waals surface area contributed by atoms with E-state index in [4.69, 9.17) is 0 Å². The van der Waals surface area contributed by atoms with E-state index in [1.807, 2.05) is 0 Å². The van der Waals surface area contributed by atoms with Gasteiger partial charge in [-0.25, -0.2) is 0 Å². The number of hydrogen-bond donors (Lipinski definition) is 2. The van der Waals surface area contributed by atoms with E-state index in [1.165, 1.54) is 170 Å². The number of fused-ring (bicyclic) bond motifs is 8. The van der Waals surface area contributed by atoms with Gasteiger partial charge in [0.1, 0.15) is 0 Å². The van der Waals surface area contributed by atoms with Crippen LogP contribution >= 0.6 is 0 Å². The minimum Gasteiger partial charge on any atom is -0.355 e. The highest BCUT2D eigenvalue weighted by Crippen LogP contribution is 2.59. The third-order valence-electron chi connectivity index (χ3n) is 11.8. The molecule has 4 aromatic carbocycles. The lowest BCUT2D eigenvalue weighted by Gasteiger charge is -2.47. The van der Waals surface area contributed by atoms with Crippen molar-refractivity contribution in [1.29, 1.82) is 0 Å². The van der Waals surface area contributed by atoms with Crippen molar-refractivity contribution in [3.05, 3.63) is 117 Å². The zero-order valence-electron chi connectivity index (χ0n) is 32.6. The number of hydrogen-bond acceptors (Lipinski definition) is 2. The Labute approximate surface area is 311 Å². The van der Waals surface area contributed by atoms with Crippen LogP contribution in [0.1, 0.15) is 175 Å². The number of rotatable bonds is 20. The summed E-state index contributed by atoms with van der Waals surface area (Å²) in [5.74, 6) is 0. The van der Waals surface area contributed by atoms with Gasteiger partial charge in [-0.1, -0.05) is 153 Å². The second-order valence-corrected chi connectivity index (χ2v) is 15.8. The molecule has 2 aliphatic heterocycles. The van der Waals surface area contributed by atoms with Crippen LogP contribution in [0.5, 0.6) is 0 Å². The van der Waals surface area contributed by atoms with Crippen LogP contribution in [0, 0.1) is 0 Å². The number of aryl methyl sites for hydroxylation is 4. The molecule has 1 spiro atoms. The maximum Gasteiger partial charge on any atom is 0.0782 e. The molecule has 0 aliphatic carbocycles. The Morgan fingerprint density at radius 2 is 0.588 bits per heavy atom. The molecule has 2 heteroatoms. The Morgan fingerprint density at radius 1 is 0.333 bits per heavy atom. The van der Waals surface area contributed by atoms with Crippen LogP contribution in [0.3, 0.4) is 0 Å². The van der Waals surface area contributed by atoms with Crippen LogP contribution in [0.4, 0.5) is 22.7 Å². The molecule has 0 atom stereocenters. The van der Waals surface area contributed by atoms with Gasteiger partial charge in [-0.05, 0) is 120 Å². The fraction of sp³-hybridized carbons (Fsp3) is 0.510. The topological polar surface area (TPSA) is 24.1 Å². The molecule has 0 fully saturated rings. The second-order valence-electron chi connectivity index (χ2n) is 15.8. The van der Waals surface area contributed by atoms with E-state index in [-0.39, 0.29) is 0 Å². The van der Waals surface area contributed by atoms with Crippen molar-refractivity contribution in [2.24, 2.45) is 0 Å². The van der Waals surface area contributed by atoms with Crippen molar-refractivity contribution in [3.8, 4) is 0 Å². The van der Waals surface area contributed by atoms with E-state index < -0.39 is 5.41 Å². The van der Waals surface area contributed by atoms with Gasteiger partial charge in [-0.2, -0.15) is 0 Å². The Balaban J connectivity index is 1.56. The smallest absolute Gasteiger partial charge is 0.0782 e. The summed E-state index contributed by atoms with van der Waals surface area (Å²) in [6, 6.07) is 29.6. The minimum atomic E-state index is -0.399. The molecule has 0 saturated carbocycles. The lowest BCUT2D eigenvalue weighted by Crippen LogP contribution is -2.39. The first-order chi connectivity index (χ1) is 25.1. The van der Waals surface area contributed by atoms with Gasteiger partial charge in [0.05, 0.1) is 5.41 Å². The Hall–Kier alpha value is -3.52. The first-order valence-electron chi connectivity index (χ1n) is 21.2. The fourth-order valence-corrected chi connectivity index (χ4v) is 8.85. The molecule has 6 rings (SSSR count). The van der Waals surface area contributed by atoms with Gasteiger partial charge in [0.15, 0.2) is 0 Å². The largest absolute Gasteiger partial charge is 0.355 e. The maximum atomic E-state index is 3.99. The van der Waals surface area contributed by atoms with Crippen molar-refractivity contribution in [2.75, 3.05) is 10.6 Å². The first-order valence-corrected chi connectivity index (χ1v) is 21.2. The molecule has 0 radical (unpaired) electrons. The van der Waals surface area contributed by atoms with Gasteiger partial charge >= 0.3 is 0 Å². The van der Waals surface area contributed by atoms with E-state index in [0.29, 0.717) is 0 Å². The molecule has 2 nitrogen and oxygen atoms in total. The number of anilines is 4. The van der Waals surface area contributed by atoms with Crippen LogP contribution in [-0.4, -0.2) is 0 Å². The average molecular weight is 683 g/mol. The highest BCUT2D eigenvalue weighted by atomic mass is 14.9. The summed E-state index contributed by atoms with van der Waals surface area (Å²) in [6.07, 6.45) is 25.2. The third kappa shape index (κ3) is 8.42. The van der Waals surface area contributed by atoms with Crippen molar-refractivity contribution in [2.45, 2.75) is 162 Å². The molecule has 0 saturated heterocycles. The van der Waals surface area contributed by atoms with Gasteiger partial charge in [-0.15, -0.1) is 0 Å². The molecule has 2 N–H and O–H groups in total. The normalized spacial score (nSPS) is 13.6. The number of unbranched alkanes of at least 4 members (excludes halogenated alkanes) is 12. The molecule has 4 aromatic rings. The summed E-state index contributed by atoms with van der Waals surface area (Å²) in [4.78, 5) is 0. The zero-order valence-corrected chi connectivity index (χ0v) is 32.6. The molecule has 0 unspecified atom stereocenters. The Kier molecular flexibility index (Phi) is 13.4. The van der Waals surface area contributed by atoms with Crippen LogP contribution in [0.15, 0.2) is 72.8 Å². The van der Waals surface area contributed by atoms with E-state index in [0.717, 1.165) is 25.7 Å². The molecule has 2 heterocycles. The minimum absolute atomic E-state index is 0.399. The summed E-state index contributed by atoms with van der Waals surface area (Å²) in [7, 11) is 0. The Morgan fingerprint density at radius 3 is 0.824 bits per heavy atom. The quantitative estimate of drug-likeness (QED) is 0.0783. The zero-order chi connectivity index (χ0) is 35.5. The summed E-state index contributed by atoms with van der Waals surface area (Å²) < 4.78 is 0. The highest BCUT2D eigenvalue weighted by Gasteiger charge is 2.49. The van der Waals surface area contributed by atoms with Crippen molar-refractivity contribution >= 4 is 22.7 Å². The van der Waals surface area contributed by atoms with Crippen molar-refractivity contribution in [3.63, 3.8) is 0 Å². The summed E-state index contributed by atoms with van der Waals surface area (Å²) in [5, 5.41) is 7.97. The molecule has 51 heavy (non-hydrogen) atoms. The molecule has 0 aromatic heterocycles. The van der Waals surface area contributed by atoms with Gasteiger partial charge < -0.3 is 10.6 Å². The number of nitrogens with one attached hydrogen (secondary N) is 2. The number of benzene rings is 4. The maximum absolute atomic E-state index is 3.99. The molecular formula is C49H66N2. The molecule has 0 amide bonds. The Bertz CT molecular complexity index is 1460. The lowest BCUT2D eigenvalue weighted by molar-refractivity contribution is 0.659. The fourth-order valence-electron chi connectivity index (χ4n) is 8.85. The molecule has 272 valence electrons. The van der Waals surface area contributed by atoms with Gasteiger partial charge in [0, 0.05) is 22.7 Å². The summed E-state index contributed by atoms with van der Waals surface area (Å²) >= 11 is 0. The average Bonchev–Trinajstić information content (AvgIpc) is 3.16. The van der Waals surface area contributed by atoms with Gasteiger partial charge in [0.2, 0.25) is 0 Å². The first kappa shape index (κ1) is 37.2. The third-order valence-corrected chi connectivity index (χ3v) is 11.8. The van der Waals surface area contributed by atoms with Gasteiger partial charge in [0.25, 0.3) is 0 Å².